The molecule has 1 aliphatic carbocycles. The Hall–Kier alpha value is -3.15. The lowest BCUT2D eigenvalue weighted by Crippen LogP contribution is -2.35. The number of hydrogen-bond donors (Lipinski definition) is 0. The summed E-state index contributed by atoms with van der Waals surface area (Å²) in [6.07, 6.45) is 3.83. The zero-order valence-corrected chi connectivity index (χ0v) is 16.8. The summed E-state index contributed by atoms with van der Waals surface area (Å²) in [5, 5.41) is 0.679. The highest BCUT2D eigenvalue weighted by Crippen LogP contribution is 2.43. The Morgan fingerprint density at radius 2 is 2.00 bits per heavy atom. The van der Waals surface area contributed by atoms with Gasteiger partial charge in [-0.1, -0.05) is 6.07 Å². The number of hydrogen-bond acceptors (Lipinski definition) is 5. The average molecular weight is 392 g/mol. The predicted molar refractivity (Wildman–Crippen MR) is 110 cm³/mol. The SMILES string of the molecule is CC(C)Oc1ccc2cc(C(=O)N(C)C(c3ccccn3)C3CC3)c(=O)oc2c1. The lowest BCUT2D eigenvalue weighted by atomic mass is 10.0. The van der Waals surface area contributed by atoms with E-state index in [9.17, 15) is 9.59 Å². The number of ether oxygens (including phenoxy) is 1. The minimum absolute atomic E-state index is 0.0135. The van der Waals surface area contributed by atoms with Gasteiger partial charge in [-0.2, -0.15) is 0 Å². The van der Waals surface area contributed by atoms with Crippen molar-refractivity contribution >= 4 is 16.9 Å². The molecular weight excluding hydrogens is 368 g/mol. The van der Waals surface area contributed by atoms with E-state index in [4.69, 9.17) is 9.15 Å². The number of aromatic nitrogens is 1. The average Bonchev–Trinajstić information content (AvgIpc) is 3.52. The van der Waals surface area contributed by atoms with Crippen LogP contribution in [0.5, 0.6) is 5.75 Å². The van der Waals surface area contributed by atoms with Gasteiger partial charge in [-0.15, -0.1) is 0 Å². The third kappa shape index (κ3) is 4.01. The van der Waals surface area contributed by atoms with Gasteiger partial charge in [0.1, 0.15) is 16.9 Å². The van der Waals surface area contributed by atoms with Gasteiger partial charge in [0.05, 0.1) is 17.8 Å². The molecule has 0 saturated heterocycles. The van der Waals surface area contributed by atoms with Crippen molar-refractivity contribution in [1.29, 1.82) is 0 Å². The number of pyridine rings is 1. The van der Waals surface area contributed by atoms with Crippen LogP contribution in [0.15, 0.2) is 57.9 Å². The Kier molecular flexibility index (Phi) is 5.09. The standard InChI is InChI=1S/C23H24N2O4/c1-14(2)28-17-10-9-16-12-18(23(27)29-20(16)13-17)22(26)25(3)21(15-7-8-15)19-6-4-5-11-24-19/h4-6,9-15,21H,7-8H2,1-3H3. The van der Waals surface area contributed by atoms with Crippen molar-refractivity contribution in [1.82, 2.24) is 9.88 Å². The van der Waals surface area contributed by atoms with E-state index in [2.05, 4.69) is 4.98 Å². The van der Waals surface area contributed by atoms with Crippen molar-refractivity contribution < 1.29 is 13.9 Å². The molecule has 0 bridgehead atoms. The molecule has 1 saturated carbocycles. The molecule has 0 aliphatic heterocycles. The zero-order valence-electron chi connectivity index (χ0n) is 16.8. The maximum absolute atomic E-state index is 13.2. The third-order valence-corrected chi connectivity index (χ3v) is 5.11. The Labute approximate surface area is 169 Å². The van der Waals surface area contributed by atoms with Crippen LogP contribution in [0.1, 0.15) is 48.8 Å². The predicted octanol–water partition coefficient (Wildman–Crippen LogP) is 4.20. The van der Waals surface area contributed by atoms with Crippen molar-refractivity contribution in [3.8, 4) is 5.75 Å². The molecule has 1 amide bonds. The summed E-state index contributed by atoms with van der Waals surface area (Å²) in [5.41, 5.74) is 0.619. The van der Waals surface area contributed by atoms with Crippen LogP contribution in [-0.4, -0.2) is 28.9 Å². The second-order valence-electron chi connectivity index (χ2n) is 7.77. The monoisotopic (exact) mass is 392 g/mol. The van der Waals surface area contributed by atoms with E-state index in [1.54, 1.807) is 42.4 Å². The van der Waals surface area contributed by atoms with Gasteiger partial charge in [0, 0.05) is 24.7 Å². The van der Waals surface area contributed by atoms with E-state index >= 15 is 0 Å². The highest BCUT2D eigenvalue weighted by atomic mass is 16.5. The van der Waals surface area contributed by atoms with Gasteiger partial charge >= 0.3 is 5.63 Å². The highest BCUT2D eigenvalue weighted by molar-refractivity contribution is 5.96. The first kappa shape index (κ1) is 19.2. The molecule has 3 aromatic rings. The van der Waals surface area contributed by atoms with Crippen molar-refractivity contribution in [3.05, 3.63) is 70.3 Å². The molecule has 29 heavy (non-hydrogen) atoms. The van der Waals surface area contributed by atoms with Crippen LogP contribution >= 0.6 is 0 Å². The molecule has 1 aromatic carbocycles. The molecule has 2 heterocycles. The molecule has 150 valence electrons. The topological polar surface area (TPSA) is 72.6 Å². The van der Waals surface area contributed by atoms with Gasteiger partial charge in [0.15, 0.2) is 0 Å². The maximum atomic E-state index is 13.2. The largest absolute Gasteiger partial charge is 0.491 e. The first-order valence-electron chi connectivity index (χ1n) is 9.86. The maximum Gasteiger partial charge on any atom is 0.349 e. The molecule has 4 rings (SSSR count). The fourth-order valence-electron chi connectivity index (χ4n) is 3.62. The Balaban J connectivity index is 1.67. The number of rotatable bonds is 6. The van der Waals surface area contributed by atoms with Crippen LogP contribution in [0.25, 0.3) is 11.0 Å². The van der Waals surface area contributed by atoms with Crippen LogP contribution in [0.2, 0.25) is 0 Å². The Morgan fingerprint density at radius 1 is 1.21 bits per heavy atom. The van der Waals surface area contributed by atoms with Crippen LogP contribution in [0, 0.1) is 5.92 Å². The minimum Gasteiger partial charge on any atom is -0.491 e. The molecule has 1 atom stereocenters. The molecule has 0 spiro atoms. The molecule has 1 aliphatic rings. The summed E-state index contributed by atoms with van der Waals surface area (Å²) in [6, 6.07) is 12.4. The first-order valence-corrected chi connectivity index (χ1v) is 9.86. The van der Waals surface area contributed by atoms with Gasteiger partial charge < -0.3 is 14.1 Å². The lowest BCUT2D eigenvalue weighted by Gasteiger charge is -2.27. The molecule has 1 unspecified atom stereocenters. The molecule has 6 heteroatoms. The fourth-order valence-corrected chi connectivity index (χ4v) is 3.62. The molecule has 1 fully saturated rings. The number of benzene rings is 1. The quantitative estimate of drug-likeness (QED) is 0.588. The number of carbonyl (C=O) groups is 1. The summed E-state index contributed by atoms with van der Waals surface area (Å²) in [4.78, 5) is 31.8. The van der Waals surface area contributed by atoms with Crippen LogP contribution in [-0.2, 0) is 0 Å². The van der Waals surface area contributed by atoms with Crippen LogP contribution < -0.4 is 10.4 Å². The molecule has 0 N–H and O–H groups in total. The molecular formula is C23H24N2O4. The number of carbonyl (C=O) groups excluding carboxylic acids is 1. The molecule has 6 nitrogen and oxygen atoms in total. The summed E-state index contributed by atoms with van der Waals surface area (Å²) in [5.74, 6) is 0.628. The molecule has 2 aromatic heterocycles. The van der Waals surface area contributed by atoms with Gasteiger partial charge in [0.25, 0.3) is 5.91 Å². The Morgan fingerprint density at radius 3 is 2.66 bits per heavy atom. The number of nitrogens with zero attached hydrogens (tertiary/aromatic N) is 2. The van der Waals surface area contributed by atoms with E-state index in [1.165, 1.54) is 0 Å². The van der Waals surface area contributed by atoms with Crippen LogP contribution in [0.3, 0.4) is 0 Å². The van der Waals surface area contributed by atoms with Gasteiger partial charge in [-0.3, -0.25) is 9.78 Å². The first-order chi connectivity index (χ1) is 13.9. The second kappa shape index (κ2) is 7.70. The third-order valence-electron chi connectivity index (χ3n) is 5.11. The lowest BCUT2D eigenvalue weighted by molar-refractivity contribution is 0.0703. The fraction of sp³-hybridized carbons (Fsp3) is 0.348. The number of fused-ring (bicyclic) bond motifs is 1. The van der Waals surface area contributed by atoms with Crippen molar-refractivity contribution in [2.24, 2.45) is 5.92 Å². The summed E-state index contributed by atoms with van der Waals surface area (Å²) in [6.45, 7) is 3.85. The summed E-state index contributed by atoms with van der Waals surface area (Å²) >= 11 is 0. The molecule has 0 radical (unpaired) electrons. The minimum atomic E-state index is -0.647. The van der Waals surface area contributed by atoms with E-state index in [1.807, 2.05) is 32.0 Å². The zero-order chi connectivity index (χ0) is 20.5. The van der Waals surface area contributed by atoms with Crippen molar-refractivity contribution in [2.75, 3.05) is 7.05 Å². The van der Waals surface area contributed by atoms with E-state index in [-0.39, 0.29) is 23.6 Å². The van der Waals surface area contributed by atoms with Crippen molar-refractivity contribution in [2.45, 2.75) is 38.8 Å². The van der Waals surface area contributed by atoms with E-state index < -0.39 is 5.63 Å². The van der Waals surface area contributed by atoms with Gasteiger partial charge in [0.2, 0.25) is 0 Å². The normalized spacial score (nSPS) is 14.8. The summed E-state index contributed by atoms with van der Waals surface area (Å²) < 4.78 is 11.1. The highest BCUT2D eigenvalue weighted by Gasteiger charge is 2.38. The smallest absolute Gasteiger partial charge is 0.349 e. The Bertz CT molecular complexity index is 1090. The van der Waals surface area contributed by atoms with Crippen molar-refractivity contribution in [3.63, 3.8) is 0 Å². The van der Waals surface area contributed by atoms with E-state index in [0.29, 0.717) is 22.6 Å². The van der Waals surface area contributed by atoms with Gasteiger partial charge in [-0.05, 0) is 62.9 Å². The summed E-state index contributed by atoms with van der Waals surface area (Å²) in [7, 11) is 1.73. The van der Waals surface area contributed by atoms with Gasteiger partial charge in [-0.25, -0.2) is 4.79 Å². The van der Waals surface area contributed by atoms with E-state index in [0.717, 1.165) is 18.5 Å². The van der Waals surface area contributed by atoms with Crippen LogP contribution in [0.4, 0.5) is 0 Å². The number of amides is 1. The second-order valence-corrected chi connectivity index (χ2v) is 7.77.